The lowest BCUT2D eigenvalue weighted by molar-refractivity contribution is 0.0517. The molecule has 1 heterocycles. The average Bonchev–Trinajstić information content (AvgIpc) is 3.15. The zero-order valence-corrected chi connectivity index (χ0v) is 29.4. The fourth-order valence-electron chi connectivity index (χ4n) is 9.54. The maximum absolute atomic E-state index is 14.5. The monoisotopic (exact) mass is 655 g/mol. The molecule has 0 atom stereocenters. The molecule has 50 heavy (non-hydrogen) atoms. The van der Waals surface area contributed by atoms with Gasteiger partial charge in [0.2, 0.25) is 0 Å². The van der Waals surface area contributed by atoms with Crippen molar-refractivity contribution in [2.45, 2.75) is 96.9 Å². The summed E-state index contributed by atoms with van der Waals surface area (Å²) in [5, 5.41) is 16.8. The van der Waals surface area contributed by atoms with Crippen molar-refractivity contribution in [2.75, 3.05) is 0 Å². The van der Waals surface area contributed by atoms with E-state index in [4.69, 9.17) is 0 Å². The van der Waals surface area contributed by atoms with E-state index in [0.717, 1.165) is 60.1 Å². The van der Waals surface area contributed by atoms with Gasteiger partial charge in [0.1, 0.15) is 0 Å². The highest BCUT2D eigenvalue weighted by Crippen LogP contribution is 2.48. The van der Waals surface area contributed by atoms with Crippen LogP contribution in [0.3, 0.4) is 0 Å². The van der Waals surface area contributed by atoms with E-state index < -0.39 is 0 Å². The number of amides is 2. The van der Waals surface area contributed by atoms with Crippen LogP contribution in [0.4, 0.5) is 0 Å². The number of nitrogens with zero attached hydrogens (tertiary/aromatic N) is 1. The van der Waals surface area contributed by atoms with Gasteiger partial charge < -0.3 is 0 Å². The lowest BCUT2D eigenvalue weighted by Gasteiger charge is -2.35. The van der Waals surface area contributed by atoms with Crippen LogP contribution in [0.1, 0.15) is 112 Å². The minimum Gasteiger partial charge on any atom is -0.271 e. The molecule has 250 valence electrons. The number of benzene rings is 8. The molecule has 0 radical (unpaired) electrons. The maximum atomic E-state index is 14.5. The standard InChI is InChI=1S/C47H45NO2/c1-3-5-7-9-11-17-30(18-12-10-8-6-4-2)48-46(49)39-27-25-37-35-23-21-33-31-19-13-15-29-16-14-20-32(41(29)31)34-22-24-36(43(35)42(33)34)38-26-28-40(47(48)50)45(39)44(37)38/h13-16,19-28,30H,3-12,17-18H2,1-2H3. The Kier molecular flexibility index (Phi) is 7.83. The molecule has 1 aliphatic rings. The molecule has 0 N–H and O–H groups in total. The Bertz CT molecular complexity index is 2410. The Morgan fingerprint density at radius 2 is 0.800 bits per heavy atom. The van der Waals surface area contributed by atoms with Crippen molar-refractivity contribution in [3.63, 3.8) is 0 Å². The molecule has 0 aromatic heterocycles. The minimum atomic E-state index is -0.112. The topological polar surface area (TPSA) is 37.4 Å². The van der Waals surface area contributed by atoms with Crippen molar-refractivity contribution in [1.82, 2.24) is 4.90 Å². The zero-order chi connectivity index (χ0) is 33.9. The Morgan fingerprint density at radius 1 is 0.420 bits per heavy atom. The molecular weight excluding hydrogens is 611 g/mol. The van der Waals surface area contributed by atoms with E-state index in [0.29, 0.717) is 11.1 Å². The van der Waals surface area contributed by atoms with Gasteiger partial charge in [0.25, 0.3) is 11.8 Å². The van der Waals surface area contributed by atoms with Crippen LogP contribution >= 0.6 is 0 Å². The molecule has 0 saturated heterocycles. The van der Waals surface area contributed by atoms with Crippen molar-refractivity contribution >= 4 is 87.2 Å². The number of carbonyl (C=O) groups is 2. The molecule has 0 saturated carbocycles. The molecule has 3 heteroatoms. The van der Waals surface area contributed by atoms with E-state index in [1.807, 2.05) is 12.1 Å². The van der Waals surface area contributed by atoms with E-state index in [1.54, 1.807) is 4.90 Å². The van der Waals surface area contributed by atoms with Crippen LogP contribution in [0.5, 0.6) is 0 Å². The van der Waals surface area contributed by atoms with Gasteiger partial charge in [0.05, 0.1) is 0 Å². The van der Waals surface area contributed by atoms with E-state index in [2.05, 4.69) is 86.6 Å². The molecule has 8 aromatic carbocycles. The van der Waals surface area contributed by atoms with Crippen LogP contribution < -0.4 is 0 Å². The van der Waals surface area contributed by atoms with Crippen LogP contribution in [0.15, 0.2) is 84.9 Å². The van der Waals surface area contributed by atoms with E-state index in [1.165, 1.54) is 92.4 Å². The van der Waals surface area contributed by atoms with Crippen molar-refractivity contribution in [2.24, 2.45) is 0 Å². The minimum absolute atomic E-state index is 0.0575. The molecule has 0 spiro atoms. The van der Waals surface area contributed by atoms with Crippen molar-refractivity contribution in [1.29, 1.82) is 0 Å². The van der Waals surface area contributed by atoms with Crippen molar-refractivity contribution in [3.8, 4) is 0 Å². The number of rotatable bonds is 13. The summed E-state index contributed by atoms with van der Waals surface area (Å²) in [6, 6.07) is 30.7. The van der Waals surface area contributed by atoms with Gasteiger partial charge in [-0.05, 0) is 95.0 Å². The fourth-order valence-corrected chi connectivity index (χ4v) is 9.54. The van der Waals surface area contributed by atoms with E-state index in [-0.39, 0.29) is 17.9 Å². The normalized spacial score (nSPS) is 13.8. The summed E-state index contributed by atoms with van der Waals surface area (Å²) >= 11 is 0. The van der Waals surface area contributed by atoms with Gasteiger partial charge in [-0.2, -0.15) is 0 Å². The Labute approximate surface area is 293 Å². The second-order valence-corrected chi connectivity index (χ2v) is 14.9. The van der Waals surface area contributed by atoms with Gasteiger partial charge in [-0.25, -0.2) is 0 Å². The lowest BCUT2D eigenvalue weighted by atomic mass is 9.81. The van der Waals surface area contributed by atoms with Gasteiger partial charge in [0.15, 0.2) is 0 Å². The molecule has 1 aliphatic heterocycles. The second kappa shape index (κ2) is 12.5. The first-order chi connectivity index (χ1) is 24.6. The Morgan fingerprint density at radius 3 is 1.24 bits per heavy atom. The van der Waals surface area contributed by atoms with Gasteiger partial charge in [-0.3, -0.25) is 14.5 Å². The van der Waals surface area contributed by atoms with Crippen molar-refractivity contribution in [3.05, 3.63) is 96.1 Å². The molecule has 0 bridgehead atoms. The third-order valence-corrected chi connectivity index (χ3v) is 11.9. The average molecular weight is 656 g/mol. The van der Waals surface area contributed by atoms with Crippen LogP contribution in [0.2, 0.25) is 0 Å². The third kappa shape index (κ3) is 4.62. The predicted molar refractivity (Wildman–Crippen MR) is 212 cm³/mol. The number of hydrogen-bond donors (Lipinski definition) is 0. The van der Waals surface area contributed by atoms with Crippen LogP contribution in [0.25, 0.3) is 75.4 Å². The van der Waals surface area contributed by atoms with Crippen LogP contribution in [-0.4, -0.2) is 22.8 Å². The van der Waals surface area contributed by atoms with Crippen LogP contribution in [0, 0.1) is 0 Å². The number of hydrogen-bond acceptors (Lipinski definition) is 2. The summed E-state index contributed by atoms with van der Waals surface area (Å²) in [6.07, 6.45) is 13.5. The highest BCUT2D eigenvalue weighted by Gasteiger charge is 2.38. The SMILES string of the molecule is CCCCCCCC(CCCCCCC)N1C(=O)c2ccc3c4ccc5c6cccc7cccc(c8ccc(c9ccc(c2c39)C1=O)c4c58)c76. The zero-order valence-electron chi connectivity index (χ0n) is 29.4. The molecule has 0 aliphatic carbocycles. The van der Waals surface area contributed by atoms with E-state index in [9.17, 15) is 9.59 Å². The first-order valence-electron chi connectivity index (χ1n) is 19.2. The summed E-state index contributed by atoms with van der Waals surface area (Å²) < 4.78 is 0. The van der Waals surface area contributed by atoms with Gasteiger partial charge in [0, 0.05) is 22.6 Å². The first kappa shape index (κ1) is 31.2. The quantitative estimate of drug-likeness (QED) is 0.0536. The van der Waals surface area contributed by atoms with Gasteiger partial charge >= 0.3 is 0 Å². The highest BCUT2D eigenvalue weighted by atomic mass is 16.2. The van der Waals surface area contributed by atoms with Crippen LogP contribution in [-0.2, 0) is 0 Å². The molecule has 2 amide bonds. The molecule has 0 unspecified atom stereocenters. The van der Waals surface area contributed by atoms with Gasteiger partial charge in [-0.15, -0.1) is 0 Å². The molecule has 9 rings (SSSR count). The Hall–Kier alpha value is -4.76. The third-order valence-electron chi connectivity index (χ3n) is 11.9. The predicted octanol–water partition coefficient (Wildman–Crippen LogP) is 13.3. The largest absolute Gasteiger partial charge is 0.271 e. The molecule has 3 nitrogen and oxygen atoms in total. The number of carbonyl (C=O) groups excluding carboxylic acids is 2. The highest BCUT2D eigenvalue weighted by molar-refractivity contribution is 6.44. The lowest BCUT2D eigenvalue weighted by Crippen LogP contribution is -2.47. The summed E-state index contributed by atoms with van der Waals surface area (Å²) in [5.41, 5.74) is 1.36. The molecule has 8 aromatic rings. The first-order valence-corrected chi connectivity index (χ1v) is 19.2. The summed E-state index contributed by atoms with van der Waals surface area (Å²) in [4.78, 5) is 30.7. The van der Waals surface area contributed by atoms with Gasteiger partial charge in [-0.1, -0.05) is 151 Å². The van der Waals surface area contributed by atoms with E-state index >= 15 is 0 Å². The summed E-state index contributed by atoms with van der Waals surface area (Å²) in [7, 11) is 0. The number of imide groups is 1. The smallest absolute Gasteiger partial charge is 0.261 e. The number of fused-ring (bicyclic) bond motifs is 4. The molecular formula is C47H45NO2. The molecule has 0 fully saturated rings. The second-order valence-electron chi connectivity index (χ2n) is 14.9. The fraction of sp³-hybridized carbons (Fsp3) is 0.319. The summed E-state index contributed by atoms with van der Waals surface area (Å²) in [5.74, 6) is -0.224. The number of unbranched alkanes of at least 4 members (excludes halogenated alkanes) is 8. The maximum Gasteiger partial charge on any atom is 0.261 e. The van der Waals surface area contributed by atoms with Crippen molar-refractivity contribution < 1.29 is 9.59 Å². The Balaban J connectivity index is 1.20. The summed E-state index contributed by atoms with van der Waals surface area (Å²) in [6.45, 7) is 4.48.